The van der Waals surface area contributed by atoms with Crippen molar-refractivity contribution in [1.82, 2.24) is 9.97 Å². The van der Waals surface area contributed by atoms with Gasteiger partial charge in [0.15, 0.2) is 11.5 Å². The molecular weight excluding hydrogens is 326 g/mol. The SMILES string of the molecule is COc1cc2nc(C3CC3)nc(N[C@H](C)C3CCCCC3)c2cc1OC. The van der Waals surface area contributed by atoms with Gasteiger partial charge >= 0.3 is 0 Å². The Morgan fingerprint density at radius 1 is 0.962 bits per heavy atom. The van der Waals surface area contributed by atoms with Crippen LogP contribution in [0.2, 0.25) is 0 Å². The molecule has 2 aliphatic carbocycles. The molecule has 0 bridgehead atoms. The Kier molecular flexibility index (Phi) is 4.88. The number of hydrogen-bond donors (Lipinski definition) is 1. The first-order valence-corrected chi connectivity index (χ1v) is 9.89. The average molecular weight is 355 g/mol. The Morgan fingerprint density at radius 3 is 2.31 bits per heavy atom. The van der Waals surface area contributed by atoms with E-state index in [9.17, 15) is 0 Å². The van der Waals surface area contributed by atoms with Crippen molar-refractivity contribution in [2.75, 3.05) is 19.5 Å². The molecule has 2 aromatic rings. The smallest absolute Gasteiger partial charge is 0.162 e. The van der Waals surface area contributed by atoms with Crippen LogP contribution in [-0.4, -0.2) is 30.2 Å². The standard InChI is InChI=1S/C21H29N3O2/c1-13(14-7-5-4-6-8-14)22-21-16-11-18(25-2)19(26-3)12-17(16)23-20(24-21)15-9-10-15/h11-15H,4-10H2,1-3H3,(H,22,23,24)/t13-/m1/s1. The molecule has 1 atom stereocenters. The molecule has 0 saturated heterocycles. The second-order valence-electron chi connectivity index (χ2n) is 7.76. The number of benzene rings is 1. The zero-order valence-electron chi connectivity index (χ0n) is 16.0. The fraction of sp³-hybridized carbons (Fsp3) is 0.619. The summed E-state index contributed by atoms with van der Waals surface area (Å²) in [6.45, 7) is 2.29. The number of methoxy groups -OCH3 is 2. The van der Waals surface area contributed by atoms with Gasteiger partial charge in [-0.15, -0.1) is 0 Å². The van der Waals surface area contributed by atoms with Crippen LogP contribution in [0.25, 0.3) is 10.9 Å². The summed E-state index contributed by atoms with van der Waals surface area (Å²) in [4.78, 5) is 9.73. The molecule has 1 aromatic heterocycles. The molecule has 0 aliphatic heterocycles. The summed E-state index contributed by atoms with van der Waals surface area (Å²) in [5, 5.41) is 4.73. The highest BCUT2D eigenvalue weighted by Crippen LogP contribution is 2.41. The van der Waals surface area contributed by atoms with Gasteiger partial charge in [0.25, 0.3) is 0 Å². The van der Waals surface area contributed by atoms with E-state index in [2.05, 4.69) is 12.2 Å². The van der Waals surface area contributed by atoms with Gasteiger partial charge in [-0.3, -0.25) is 0 Å². The van der Waals surface area contributed by atoms with E-state index in [0.29, 0.717) is 17.7 Å². The second-order valence-corrected chi connectivity index (χ2v) is 7.76. The molecule has 2 saturated carbocycles. The largest absolute Gasteiger partial charge is 0.493 e. The van der Waals surface area contributed by atoms with Gasteiger partial charge in [-0.25, -0.2) is 9.97 Å². The van der Waals surface area contributed by atoms with E-state index in [4.69, 9.17) is 19.4 Å². The quantitative estimate of drug-likeness (QED) is 0.798. The third kappa shape index (κ3) is 3.44. The van der Waals surface area contributed by atoms with Gasteiger partial charge in [-0.1, -0.05) is 19.3 Å². The first kappa shape index (κ1) is 17.4. The molecule has 0 unspecified atom stereocenters. The zero-order valence-corrected chi connectivity index (χ0v) is 16.0. The van der Waals surface area contributed by atoms with E-state index >= 15 is 0 Å². The number of ether oxygens (including phenoxy) is 2. The topological polar surface area (TPSA) is 56.3 Å². The maximum atomic E-state index is 5.50. The van der Waals surface area contributed by atoms with Crippen molar-refractivity contribution in [1.29, 1.82) is 0 Å². The fourth-order valence-electron chi connectivity index (χ4n) is 4.08. The first-order valence-electron chi connectivity index (χ1n) is 9.89. The highest BCUT2D eigenvalue weighted by atomic mass is 16.5. The zero-order chi connectivity index (χ0) is 18.1. The van der Waals surface area contributed by atoms with Crippen LogP contribution in [0.1, 0.15) is 63.6 Å². The molecular formula is C21H29N3O2. The van der Waals surface area contributed by atoms with E-state index in [1.165, 1.54) is 44.9 Å². The summed E-state index contributed by atoms with van der Waals surface area (Å²) < 4.78 is 11.0. The predicted octanol–water partition coefficient (Wildman–Crippen LogP) is 4.91. The van der Waals surface area contributed by atoms with E-state index in [1.807, 2.05) is 12.1 Å². The number of anilines is 1. The molecule has 5 heteroatoms. The summed E-state index contributed by atoms with van der Waals surface area (Å²) in [6.07, 6.45) is 9.07. The third-order valence-corrected chi connectivity index (χ3v) is 5.88. The molecule has 26 heavy (non-hydrogen) atoms. The number of fused-ring (bicyclic) bond motifs is 1. The summed E-state index contributed by atoms with van der Waals surface area (Å²) in [6, 6.07) is 4.38. The Morgan fingerprint density at radius 2 is 1.65 bits per heavy atom. The van der Waals surface area contributed by atoms with Gasteiger partial charge in [0.1, 0.15) is 11.6 Å². The van der Waals surface area contributed by atoms with Gasteiger partial charge < -0.3 is 14.8 Å². The van der Waals surface area contributed by atoms with Crippen molar-refractivity contribution in [3.05, 3.63) is 18.0 Å². The molecule has 0 spiro atoms. The van der Waals surface area contributed by atoms with Crippen LogP contribution in [-0.2, 0) is 0 Å². The minimum Gasteiger partial charge on any atom is -0.493 e. The van der Waals surface area contributed by atoms with Crippen molar-refractivity contribution < 1.29 is 9.47 Å². The van der Waals surface area contributed by atoms with Gasteiger partial charge in [0, 0.05) is 23.4 Å². The van der Waals surface area contributed by atoms with Gasteiger partial charge in [-0.05, 0) is 44.6 Å². The molecule has 2 aliphatic rings. The lowest BCUT2D eigenvalue weighted by atomic mass is 9.84. The van der Waals surface area contributed by atoms with E-state index in [0.717, 1.165) is 34.2 Å². The minimum absolute atomic E-state index is 0.411. The lowest BCUT2D eigenvalue weighted by Gasteiger charge is -2.29. The van der Waals surface area contributed by atoms with Crippen LogP contribution in [0.15, 0.2) is 12.1 Å². The van der Waals surface area contributed by atoms with E-state index in [1.54, 1.807) is 14.2 Å². The number of rotatable bonds is 6. The van der Waals surface area contributed by atoms with E-state index in [-0.39, 0.29) is 0 Å². The molecule has 140 valence electrons. The number of aromatic nitrogens is 2. The van der Waals surface area contributed by atoms with Gasteiger partial charge in [-0.2, -0.15) is 0 Å². The molecule has 0 amide bonds. The van der Waals surface area contributed by atoms with Crippen LogP contribution >= 0.6 is 0 Å². The average Bonchev–Trinajstić information content (AvgIpc) is 3.52. The van der Waals surface area contributed by atoms with Crippen LogP contribution in [0, 0.1) is 5.92 Å². The molecule has 0 radical (unpaired) electrons. The lowest BCUT2D eigenvalue weighted by Crippen LogP contribution is -2.28. The highest BCUT2D eigenvalue weighted by Gasteiger charge is 2.29. The van der Waals surface area contributed by atoms with Crippen molar-refractivity contribution in [3.8, 4) is 11.5 Å². The maximum Gasteiger partial charge on any atom is 0.162 e. The van der Waals surface area contributed by atoms with Crippen molar-refractivity contribution in [3.63, 3.8) is 0 Å². The molecule has 4 rings (SSSR count). The Bertz CT molecular complexity index is 782. The molecule has 2 fully saturated rings. The minimum atomic E-state index is 0.411. The van der Waals surface area contributed by atoms with Crippen LogP contribution in [0.4, 0.5) is 5.82 Å². The lowest BCUT2D eigenvalue weighted by molar-refractivity contribution is 0.328. The van der Waals surface area contributed by atoms with Crippen molar-refractivity contribution in [2.24, 2.45) is 5.92 Å². The highest BCUT2D eigenvalue weighted by molar-refractivity contribution is 5.92. The first-order chi connectivity index (χ1) is 12.7. The van der Waals surface area contributed by atoms with Crippen LogP contribution < -0.4 is 14.8 Å². The molecule has 1 heterocycles. The summed E-state index contributed by atoms with van der Waals surface area (Å²) in [5.74, 6) is 4.57. The Balaban J connectivity index is 1.72. The van der Waals surface area contributed by atoms with Gasteiger partial charge in [0.05, 0.1) is 19.7 Å². The maximum absolute atomic E-state index is 5.50. The number of nitrogens with zero attached hydrogens (tertiary/aromatic N) is 2. The summed E-state index contributed by atoms with van der Waals surface area (Å²) in [5.41, 5.74) is 0.929. The van der Waals surface area contributed by atoms with E-state index < -0.39 is 0 Å². The predicted molar refractivity (Wildman–Crippen MR) is 104 cm³/mol. The van der Waals surface area contributed by atoms with Crippen molar-refractivity contribution >= 4 is 16.7 Å². The number of nitrogens with one attached hydrogen (secondary N) is 1. The fourth-order valence-corrected chi connectivity index (χ4v) is 4.08. The Hall–Kier alpha value is -2.04. The normalized spacial score (nSPS) is 19.3. The van der Waals surface area contributed by atoms with Crippen LogP contribution in [0.5, 0.6) is 11.5 Å². The summed E-state index contributed by atoms with van der Waals surface area (Å²) >= 11 is 0. The van der Waals surface area contributed by atoms with Crippen LogP contribution in [0.3, 0.4) is 0 Å². The molecule has 1 aromatic carbocycles. The Labute approximate surface area is 155 Å². The molecule has 5 nitrogen and oxygen atoms in total. The van der Waals surface area contributed by atoms with Gasteiger partial charge in [0.2, 0.25) is 0 Å². The molecule has 1 N–H and O–H groups in total. The van der Waals surface area contributed by atoms with Crippen molar-refractivity contribution in [2.45, 2.75) is 63.8 Å². The second kappa shape index (κ2) is 7.29. The monoisotopic (exact) mass is 355 g/mol. The third-order valence-electron chi connectivity index (χ3n) is 5.88. The summed E-state index contributed by atoms with van der Waals surface area (Å²) in [7, 11) is 3.33. The number of hydrogen-bond acceptors (Lipinski definition) is 5.